The number of aromatic nitrogens is 3. The number of hydrogen-bond acceptors (Lipinski definition) is 5. The Morgan fingerprint density at radius 3 is 2.67 bits per heavy atom. The van der Waals surface area contributed by atoms with E-state index in [4.69, 9.17) is 9.47 Å². The van der Waals surface area contributed by atoms with Gasteiger partial charge in [-0.2, -0.15) is 5.10 Å². The number of benzene rings is 1. The molecule has 122 valence electrons. The summed E-state index contributed by atoms with van der Waals surface area (Å²) in [5.74, 6) is 1.07. The highest BCUT2D eigenvalue weighted by Gasteiger charge is 2.18. The van der Waals surface area contributed by atoms with Gasteiger partial charge in [-0.25, -0.2) is 9.67 Å². The summed E-state index contributed by atoms with van der Waals surface area (Å²) in [6.45, 7) is 0. The fraction of sp³-hybridized carbons (Fsp3) is 0.118. The molecule has 1 amide bonds. The molecule has 2 aromatic heterocycles. The van der Waals surface area contributed by atoms with Gasteiger partial charge < -0.3 is 14.8 Å². The van der Waals surface area contributed by atoms with Crippen molar-refractivity contribution >= 4 is 11.6 Å². The van der Waals surface area contributed by atoms with Crippen molar-refractivity contribution in [1.29, 1.82) is 0 Å². The zero-order chi connectivity index (χ0) is 16.9. The van der Waals surface area contributed by atoms with Crippen LogP contribution in [0.15, 0.2) is 55.0 Å². The molecule has 3 rings (SSSR count). The van der Waals surface area contributed by atoms with Crippen LogP contribution < -0.4 is 14.8 Å². The summed E-state index contributed by atoms with van der Waals surface area (Å²) in [5, 5.41) is 6.99. The fourth-order valence-corrected chi connectivity index (χ4v) is 2.33. The number of pyridine rings is 1. The van der Waals surface area contributed by atoms with Crippen molar-refractivity contribution in [2.75, 3.05) is 19.5 Å². The molecule has 7 nitrogen and oxygen atoms in total. The summed E-state index contributed by atoms with van der Waals surface area (Å²) in [7, 11) is 3.02. The lowest BCUT2D eigenvalue weighted by Gasteiger charge is -2.14. The SMILES string of the molecule is COc1cccc(C(=O)Nc2cccnc2-n2cccn2)c1OC. The normalized spacial score (nSPS) is 10.2. The summed E-state index contributed by atoms with van der Waals surface area (Å²) in [6, 6.07) is 10.4. The lowest BCUT2D eigenvalue weighted by molar-refractivity contribution is 0.102. The topological polar surface area (TPSA) is 78.3 Å². The lowest BCUT2D eigenvalue weighted by atomic mass is 10.1. The van der Waals surface area contributed by atoms with Crippen molar-refractivity contribution in [3.05, 3.63) is 60.6 Å². The van der Waals surface area contributed by atoms with Crippen molar-refractivity contribution in [2.45, 2.75) is 0 Å². The molecule has 0 aliphatic rings. The van der Waals surface area contributed by atoms with E-state index in [1.54, 1.807) is 59.7 Å². The van der Waals surface area contributed by atoms with Gasteiger partial charge in [-0.15, -0.1) is 0 Å². The number of anilines is 1. The number of carbonyl (C=O) groups excluding carboxylic acids is 1. The molecule has 0 bridgehead atoms. The van der Waals surface area contributed by atoms with Crippen molar-refractivity contribution in [1.82, 2.24) is 14.8 Å². The number of rotatable bonds is 5. The number of para-hydroxylation sites is 1. The number of nitrogens with one attached hydrogen (secondary N) is 1. The minimum atomic E-state index is -0.327. The Hall–Kier alpha value is -3.35. The number of amides is 1. The van der Waals surface area contributed by atoms with Crippen LogP contribution in [0.5, 0.6) is 11.5 Å². The molecule has 0 unspecified atom stereocenters. The van der Waals surface area contributed by atoms with Gasteiger partial charge in [-0.1, -0.05) is 6.07 Å². The largest absolute Gasteiger partial charge is 0.493 e. The zero-order valence-corrected chi connectivity index (χ0v) is 13.3. The summed E-state index contributed by atoms with van der Waals surface area (Å²) < 4.78 is 12.1. The first-order chi connectivity index (χ1) is 11.7. The molecule has 0 atom stereocenters. The number of hydrogen-bond donors (Lipinski definition) is 1. The van der Waals surface area contributed by atoms with E-state index >= 15 is 0 Å². The van der Waals surface area contributed by atoms with E-state index < -0.39 is 0 Å². The summed E-state index contributed by atoms with van der Waals surface area (Å²) in [6.07, 6.45) is 5.04. The lowest BCUT2D eigenvalue weighted by Crippen LogP contribution is -2.16. The Balaban J connectivity index is 1.95. The van der Waals surface area contributed by atoms with Crippen LogP contribution in [0, 0.1) is 0 Å². The Morgan fingerprint density at radius 2 is 1.96 bits per heavy atom. The van der Waals surface area contributed by atoms with E-state index in [2.05, 4.69) is 15.4 Å². The molecule has 1 aromatic carbocycles. The van der Waals surface area contributed by atoms with Gasteiger partial charge in [0.15, 0.2) is 17.3 Å². The molecule has 1 N–H and O–H groups in total. The molecule has 2 heterocycles. The maximum Gasteiger partial charge on any atom is 0.259 e. The maximum atomic E-state index is 12.7. The van der Waals surface area contributed by atoms with Crippen molar-refractivity contribution < 1.29 is 14.3 Å². The zero-order valence-electron chi connectivity index (χ0n) is 13.3. The second-order valence-corrected chi connectivity index (χ2v) is 4.82. The standard InChI is InChI=1S/C17H16N4O3/c1-23-14-8-3-6-12(15(14)24-2)17(22)20-13-7-4-9-18-16(13)21-11-5-10-19-21/h3-11H,1-2H3,(H,20,22). The number of ether oxygens (including phenoxy) is 2. The molecular weight excluding hydrogens is 308 g/mol. The quantitative estimate of drug-likeness (QED) is 0.780. The molecule has 0 saturated heterocycles. The van der Waals surface area contributed by atoms with Crippen molar-refractivity contribution in [2.24, 2.45) is 0 Å². The van der Waals surface area contributed by atoms with Gasteiger partial charge >= 0.3 is 0 Å². The molecule has 0 spiro atoms. The van der Waals surface area contributed by atoms with E-state index in [0.29, 0.717) is 28.6 Å². The van der Waals surface area contributed by atoms with Gasteiger partial charge in [0.1, 0.15) is 0 Å². The third kappa shape index (κ3) is 2.91. The molecule has 0 radical (unpaired) electrons. The predicted molar refractivity (Wildman–Crippen MR) is 88.9 cm³/mol. The van der Waals surface area contributed by atoms with E-state index in [9.17, 15) is 4.79 Å². The van der Waals surface area contributed by atoms with Gasteiger partial charge in [0.2, 0.25) is 0 Å². The minimum absolute atomic E-state index is 0.327. The Labute approximate surface area is 138 Å². The van der Waals surface area contributed by atoms with Crippen LogP contribution in [-0.4, -0.2) is 34.9 Å². The van der Waals surface area contributed by atoms with Crippen LogP contribution >= 0.6 is 0 Å². The van der Waals surface area contributed by atoms with Gasteiger partial charge in [-0.05, 0) is 30.3 Å². The molecule has 24 heavy (non-hydrogen) atoms. The van der Waals surface area contributed by atoms with Crippen LogP contribution in [0.2, 0.25) is 0 Å². The van der Waals surface area contributed by atoms with Gasteiger partial charge in [-0.3, -0.25) is 4.79 Å². The molecule has 0 fully saturated rings. The van der Waals surface area contributed by atoms with Crippen LogP contribution in [0.4, 0.5) is 5.69 Å². The summed E-state index contributed by atoms with van der Waals surface area (Å²) in [5.41, 5.74) is 0.906. The maximum absolute atomic E-state index is 12.7. The van der Waals surface area contributed by atoms with E-state index in [1.165, 1.54) is 14.2 Å². The molecular formula is C17H16N4O3. The number of carbonyl (C=O) groups is 1. The van der Waals surface area contributed by atoms with E-state index in [-0.39, 0.29) is 5.91 Å². The molecule has 3 aromatic rings. The van der Waals surface area contributed by atoms with E-state index in [1.807, 2.05) is 0 Å². The predicted octanol–water partition coefficient (Wildman–Crippen LogP) is 2.54. The molecule has 0 aliphatic carbocycles. The monoisotopic (exact) mass is 324 g/mol. The third-order valence-electron chi connectivity index (χ3n) is 3.40. The third-order valence-corrected chi connectivity index (χ3v) is 3.40. The average molecular weight is 324 g/mol. The second-order valence-electron chi connectivity index (χ2n) is 4.82. The first-order valence-corrected chi connectivity index (χ1v) is 7.22. The van der Waals surface area contributed by atoms with Crippen LogP contribution in [-0.2, 0) is 0 Å². The number of nitrogens with zero attached hydrogens (tertiary/aromatic N) is 3. The minimum Gasteiger partial charge on any atom is -0.493 e. The highest BCUT2D eigenvalue weighted by atomic mass is 16.5. The molecule has 0 aliphatic heterocycles. The van der Waals surface area contributed by atoms with Gasteiger partial charge in [0, 0.05) is 18.6 Å². The van der Waals surface area contributed by atoms with E-state index in [0.717, 1.165) is 0 Å². The second kappa shape index (κ2) is 6.82. The average Bonchev–Trinajstić information content (AvgIpc) is 3.15. The van der Waals surface area contributed by atoms with Crippen LogP contribution in [0.3, 0.4) is 0 Å². The Kier molecular flexibility index (Phi) is 4.42. The van der Waals surface area contributed by atoms with Crippen LogP contribution in [0.25, 0.3) is 5.82 Å². The smallest absolute Gasteiger partial charge is 0.259 e. The Morgan fingerprint density at radius 1 is 1.08 bits per heavy atom. The van der Waals surface area contributed by atoms with Crippen molar-refractivity contribution in [3.8, 4) is 17.3 Å². The van der Waals surface area contributed by atoms with Gasteiger partial charge in [0.25, 0.3) is 5.91 Å². The molecule has 7 heteroatoms. The molecule has 0 saturated carbocycles. The van der Waals surface area contributed by atoms with Crippen LogP contribution in [0.1, 0.15) is 10.4 Å². The van der Waals surface area contributed by atoms with Gasteiger partial charge in [0.05, 0.1) is 25.5 Å². The highest BCUT2D eigenvalue weighted by molar-refractivity contribution is 6.07. The van der Waals surface area contributed by atoms with Crippen molar-refractivity contribution in [3.63, 3.8) is 0 Å². The summed E-state index contributed by atoms with van der Waals surface area (Å²) >= 11 is 0. The first kappa shape index (κ1) is 15.5. The summed E-state index contributed by atoms with van der Waals surface area (Å²) in [4.78, 5) is 17.0. The fourth-order valence-electron chi connectivity index (χ4n) is 2.33. The first-order valence-electron chi connectivity index (χ1n) is 7.22. The number of methoxy groups -OCH3 is 2. The highest BCUT2D eigenvalue weighted by Crippen LogP contribution is 2.31. The Bertz CT molecular complexity index is 847.